The van der Waals surface area contributed by atoms with Gasteiger partial charge >= 0.3 is 5.76 Å². The summed E-state index contributed by atoms with van der Waals surface area (Å²) in [6.07, 6.45) is 0. The number of ether oxygens (including phenoxy) is 1. The van der Waals surface area contributed by atoms with Gasteiger partial charge in [0, 0.05) is 11.3 Å². The Balaban J connectivity index is 1.52. The van der Waals surface area contributed by atoms with Crippen LogP contribution in [0.2, 0.25) is 0 Å². The lowest BCUT2D eigenvalue weighted by Gasteiger charge is -2.12. The van der Waals surface area contributed by atoms with E-state index in [0.717, 1.165) is 11.3 Å². The van der Waals surface area contributed by atoms with Crippen LogP contribution in [0, 0.1) is 13.8 Å². The van der Waals surface area contributed by atoms with Crippen LogP contribution in [-0.4, -0.2) is 21.2 Å². The minimum atomic E-state index is -0.649. The second kappa shape index (κ2) is 8.08. The van der Waals surface area contributed by atoms with Gasteiger partial charge in [-0.15, -0.1) is 0 Å². The molecular weight excluding hydrogens is 388 g/mol. The van der Waals surface area contributed by atoms with Crippen LogP contribution >= 0.6 is 0 Å². The quantitative estimate of drug-likeness (QED) is 0.502. The molecule has 2 aromatic carbocycles. The van der Waals surface area contributed by atoms with E-state index in [0.29, 0.717) is 28.3 Å². The first-order valence-corrected chi connectivity index (χ1v) is 9.12. The van der Waals surface area contributed by atoms with E-state index in [1.165, 1.54) is 0 Å². The Morgan fingerprint density at radius 2 is 1.93 bits per heavy atom. The van der Waals surface area contributed by atoms with Gasteiger partial charge in [0.15, 0.2) is 5.82 Å². The summed E-state index contributed by atoms with van der Waals surface area (Å²) in [5.74, 6) is 0.405. The molecule has 0 aliphatic heterocycles. The van der Waals surface area contributed by atoms with Gasteiger partial charge in [0.1, 0.15) is 18.1 Å². The lowest BCUT2D eigenvalue weighted by molar-refractivity contribution is 0.102. The largest absolute Gasteiger partial charge is 0.488 e. The van der Waals surface area contributed by atoms with Crippen LogP contribution in [0.15, 0.2) is 62.4 Å². The van der Waals surface area contributed by atoms with Crippen molar-refractivity contribution in [3.05, 3.63) is 81.7 Å². The monoisotopic (exact) mass is 406 g/mol. The van der Waals surface area contributed by atoms with Crippen molar-refractivity contribution in [1.82, 2.24) is 15.3 Å². The number of carbonyl (C=O) groups is 1. The van der Waals surface area contributed by atoms with Gasteiger partial charge in [-0.05, 0) is 38.1 Å². The number of H-pyrrole nitrogens is 1. The molecule has 0 saturated carbocycles. The second-order valence-corrected chi connectivity index (χ2v) is 6.57. The molecule has 30 heavy (non-hydrogen) atoms. The van der Waals surface area contributed by atoms with Gasteiger partial charge in [-0.1, -0.05) is 34.6 Å². The number of anilines is 1. The predicted octanol–water partition coefficient (Wildman–Crippen LogP) is 3.47. The maximum atomic E-state index is 12.9. The number of aromatic amines is 1. The van der Waals surface area contributed by atoms with E-state index in [1.54, 1.807) is 48.5 Å². The number of hydrogen-bond donors (Lipinski definition) is 2. The molecule has 1 amide bonds. The molecule has 2 heterocycles. The van der Waals surface area contributed by atoms with Crippen molar-refractivity contribution < 1.29 is 18.6 Å². The summed E-state index contributed by atoms with van der Waals surface area (Å²) in [5, 5.41) is 10.4. The van der Waals surface area contributed by atoms with Crippen LogP contribution in [-0.2, 0) is 6.61 Å². The third-order valence-electron chi connectivity index (χ3n) is 4.52. The van der Waals surface area contributed by atoms with Crippen molar-refractivity contribution in [1.29, 1.82) is 0 Å². The van der Waals surface area contributed by atoms with E-state index in [4.69, 9.17) is 9.26 Å². The maximum absolute atomic E-state index is 12.9. The standard InChI is InChI=1S/C21H18N4O5/c1-12-17(13(2)29-24-12)11-28-18-9-4-3-8-16(18)20(26)22-15-7-5-6-14(10-15)19-23-21(27)30-25-19/h3-10H,11H2,1-2H3,(H,22,26)(H,23,25,27). The van der Waals surface area contributed by atoms with Crippen LogP contribution < -0.4 is 15.8 Å². The third kappa shape index (κ3) is 4.00. The number of amides is 1. The highest BCUT2D eigenvalue weighted by molar-refractivity contribution is 6.06. The first kappa shape index (κ1) is 19.2. The topological polar surface area (TPSA) is 123 Å². The normalized spacial score (nSPS) is 10.7. The Morgan fingerprint density at radius 3 is 2.67 bits per heavy atom. The SMILES string of the molecule is Cc1noc(C)c1COc1ccccc1C(=O)Nc1cccc(-c2noc(=O)[nH]2)c1. The molecule has 152 valence electrons. The summed E-state index contributed by atoms with van der Waals surface area (Å²) in [5.41, 5.74) is 3.10. The van der Waals surface area contributed by atoms with Crippen molar-refractivity contribution in [2.45, 2.75) is 20.5 Å². The fourth-order valence-corrected chi connectivity index (χ4v) is 2.93. The van der Waals surface area contributed by atoms with Crippen LogP contribution in [0.3, 0.4) is 0 Å². The molecule has 4 aromatic rings. The number of nitrogens with one attached hydrogen (secondary N) is 2. The van der Waals surface area contributed by atoms with Gasteiger partial charge in [-0.2, -0.15) is 0 Å². The number of carbonyl (C=O) groups excluding carboxylic acids is 1. The molecular formula is C21H18N4O5. The van der Waals surface area contributed by atoms with Crippen LogP contribution in [0.25, 0.3) is 11.4 Å². The molecule has 0 unspecified atom stereocenters. The number of benzene rings is 2. The predicted molar refractivity (Wildman–Crippen MR) is 107 cm³/mol. The fraction of sp³-hybridized carbons (Fsp3) is 0.143. The number of hydrogen-bond acceptors (Lipinski definition) is 7. The average molecular weight is 406 g/mol. The first-order valence-electron chi connectivity index (χ1n) is 9.12. The summed E-state index contributed by atoms with van der Waals surface area (Å²) in [6, 6.07) is 13.8. The highest BCUT2D eigenvalue weighted by Gasteiger charge is 2.15. The molecule has 9 heteroatoms. The summed E-state index contributed by atoms with van der Waals surface area (Å²) < 4.78 is 15.5. The summed E-state index contributed by atoms with van der Waals surface area (Å²) in [4.78, 5) is 26.5. The lowest BCUT2D eigenvalue weighted by atomic mass is 10.1. The van der Waals surface area contributed by atoms with Crippen molar-refractivity contribution in [2.75, 3.05) is 5.32 Å². The van der Waals surface area contributed by atoms with Gasteiger partial charge in [0.2, 0.25) is 0 Å². The number of aryl methyl sites for hydroxylation is 2. The molecule has 0 saturated heterocycles. The van der Waals surface area contributed by atoms with E-state index >= 15 is 0 Å². The van der Waals surface area contributed by atoms with Crippen molar-refractivity contribution in [2.24, 2.45) is 0 Å². The van der Waals surface area contributed by atoms with Crippen molar-refractivity contribution in [3.8, 4) is 17.1 Å². The Hall–Kier alpha value is -4.14. The van der Waals surface area contributed by atoms with Crippen LogP contribution in [0.1, 0.15) is 27.4 Å². The van der Waals surface area contributed by atoms with Gasteiger partial charge in [-0.3, -0.25) is 14.3 Å². The Kier molecular flexibility index (Phi) is 5.17. The lowest BCUT2D eigenvalue weighted by Crippen LogP contribution is -2.14. The molecule has 2 N–H and O–H groups in total. The third-order valence-corrected chi connectivity index (χ3v) is 4.52. The molecule has 2 aromatic heterocycles. The Morgan fingerprint density at radius 1 is 1.10 bits per heavy atom. The average Bonchev–Trinajstić information content (AvgIpc) is 3.32. The molecule has 9 nitrogen and oxygen atoms in total. The first-order chi connectivity index (χ1) is 14.5. The molecule has 0 atom stereocenters. The molecule has 4 rings (SSSR count). The summed E-state index contributed by atoms with van der Waals surface area (Å²) in [7, 11) is 0. The van der Waals surface area contributed by atoms with Gasteiger partial charge in [0.05, 0.1) is 16.8 Å². The fourth-order valence-electron chi connectivity index (χ4n) is 2.93. The number of nitrogens with zero attached hydrogens (tertiary/aromatic N) is 2. The highest BCUT2D eigenvalue weighted by Crippen LogP contribution is 2.24. The zero-order valence-electron chi connectivity index (χ0n) is 16.3. The molecule has 0 fully saturated rings. The number of aromatic nitrogens is 3. The van der Waals surface area contributed by atoms with Gasteiger partial charge in [-0.25, -0.2) is 4.79 Å². The maximum Gasteiger partial charge on any atom is 0.439 e. The van der Waals surface area contributed by atoms with Gasteiger partial charge in [0.25, 0.3) is 5.91 Å². The van der Waals surface area contributed by atoms with Crippen molar-refractivity contribution >= 4 is 11.6 Å². The van der Waals surface area contributed by atoms with E-state index < -0.39 is 5.76 Å². The zero-order chi connectivity index (χ0) is 21.1. The molecule has 0 aliphatic rings. The highest BCUT2D eigenvalue weighted by atomic mass is 16.5. The Labute approximate surface area is 170 Å². The summed E-state index contributed by atoms with van der Waals surface area (Å²) in [6.45, 7) is 3.88. The zero-order valence-corrected chi connectivity index (χ0v) is 16.3. The molecule has 0 spiro atoms. The minimum Gasteiger partial charge on any atom is -0.488 e. The molecule has 0 bridgehead atoms. The molecule has 0 aliphatic carbocycles. The smallest absolute Gasteiger partial charge is 0.439 e. The van der Waals surface area contributed by atoms with E-state index in [1.807, 2.05) is 13.8 Å². The van der Waals surface area contributed by atoms with E-state index in [2.05, 4.69) is 25.1 Å². The second-order valence-electron chi connectivity index (χ2n) is 6.57. The van der Waals surface area contributed by atoms with E-state index in [9.17, 15) is 9.59 Å². The molecule has 0 radical (unpaired) electrons. The minimum absolute atomic E-state index is 0.237. The van der Waals surface area contributed by atoms with Crippen LogP contribution in [0.5, 0.6) is 5.75 Å². The van der Waals surface area contributed by atoms with Gasteiger partial charge < -0.3 is 14.6 Å². The summed E-state index contributed by atoms with van der Waals surface area (Å²) >= 11 is 0. The Bertz CT molecular complexity index is 1230. The van der Waals surface area contributed by atoms with Crippen molar-refractivity contribution in [3.63, 3.8) is 0 Å². The van der Waals surface area contributed by atoms with E-state index in [-0.39, 0.29) is 18.3 Å². The number of rotatable bonds is 6. The van der Waals surface area contributed by atoms with Crippen LogP contribution in [0.4, 0.5) is 5.69 Å². The number of para-hydroxylation sites is 1.